The summed E-state index contributed by atoms with van der Waals surface area (Å²) in [5.74, 6) is -0.311. The Kier molecular flexibility index (Phi) is 5.67. The molecule has 1 amide bonds. The maximum absolute atomic E-state index is 10.9. The fraction of sp³-hybridized carbons (Fsp3) is 0.600. The summed E-state index contributed by atoms with van der Waals surface area (Å²) in [5.41, 5.74) is 7.45. The van der Waals surface area contributed by atoms with E-state index in [-0.39, 0.29) is 18.6 Å². The highest BCUT2D eigenvalue weighted by Crippen LogP contribution is 2.10. The van der Waals surface area contributed by atoms with E-state index in [0.29, 0.717) is 13.2 Å². The third-order valence-electron chi connectivity index (χ3n) is 3.52. The fourth-order valence-corrected chi connectivity index (χ4v) is 2.53. The van der Waals surface area contributed by atoms with Crippen LogP contribution in [0.4, 0.5) is 0 Å². The first-order chi connectivity index (χ1) is 10.0. The Balaban J connectivity index is 1.82. The van der Waals surface area contributed by atoms with E-state index in [1.807, 2.05) is 25.1 Å². The van der Waals surface area contributed by atoms with Crippen LogP contribution in [0.15, 0.2) is 18.3 Å². The van der Waals surface area contributed by atoms with Gasteiger partial charge < -0.3 is 10.5 Å². The van der Waals surface area contributed by atoms with Crippen molar-refractivity contribution in [2.75, 3.05) is 39.8 Å². The first kappa shape index (κ1) is 15.9. The number of morpholine rings is 1. The molecule has 0 spiro atoms. The van der Waals surface area contributed by atoms with E-state index in [2.05, 4.69) is 22.0 Å². The zero-order chi connectivity index (χ0) is 15.2. The molecule has 0 saturated carbocycles. The minimum Gasteiger partial charge on any atom is -0.374 e. The summed E-state index contributed by atoms with van der Waals surface area (Å²) >= 11 is 0. The van der Waals surface area contributed by atoms with Gasteiger partial charge in [0.25, 0.3) is 0 Å². The van der Waals surface area contributed by atoms with E-state index in [4.69, 9.17) is 10.5 Å². The number of hydrogen-bond acceptors (Lipinski definition) is 5. The maximum Gasteiger partial charge on any atom is 0.231 e. The predicted octanol–water partition coefficient (Wildman–Crippen LogP) is 0.00792. The Morgan fingerprint density at radius 1 is 1.57 bits per heavy atom. The molecule has 0 bridgehead atoms. The van der Waals surface area contributed by atoms with Gasteiger partial charge in [0.05, 0.1) is 24.9 Å². The zero-order valence-electron chi connectivity index (χ0n) is 12.8. The summed E-state index contributed by atoms with van der Waals surface area (Å²) in [6.45, 7) is 6.31. The molecule has 1 aromatic heterocycles. The van der Waals surface area contributed by atoms with Crippen molar-refractivity contribution < 1.29 is 9.53 Å². The Labute approximate surface area is 125 Å². The van der Waals surface area contributed by atoms with Crippen LogP contribution < -0.4 is 5.73 Å². The molecule has 116 valence electrons. The maximum atomic E-state index is 10.9. The van der Waals surface area contributed by atoms with Crippen molar-refractivity contribution in [3.8, 4) is 0 Å². The summed E-state index contributed by atoms with van der Waals surface area (Å²) in [6, 6.07) is 4.15. The van der Waals surface area contributed by atoms with Gasteiger partial charge in [0.15, 0.2) is 0 Å². The van der Waals surface area contributed by atoms with Crippen LogP contribution in [0.2, 0.25) is 0 Å². The second kappa shape index (κ2) is 7.49. The minimum atomic E-state index is -0.311. The molecule has 1 aliphatic rings. The number of carbonyl (C=O) groups excluding carboxylic acids is 1. The number of nitrogens with zero attached hydrogens (tertiary/aromatic N) is 3. The molecular formula is C15H24N4O2. The smallest absolute Gasteiger partial charge is 0.231 e. The molecule has 6 heteroatoms. The van der Waals surface area contributed by atoms with Gasteiger partial charge in [-0.1, -0.05) is 6.07 Å². The number of rotatable bonds is 6. The standard InChI is InChI=1S/C15H24N4O2/c1-12-3-4-13(17-7-12)8-19-5-6-21-14(10-19)9-18(2)11-15(16)20/h3-4,7,14H,5-6,8-11H2,1-2H3,(H2,16,20)/t14-/m1/s1. The molecular weight excluding hydrogens is 268 g/mol. The number of aryl methyl sites for hydroxylation is 1. The normalized spacial score (nSPS) is 19.9. The highest BCUT2D eigenvalue weighted by molar-refractivity contribution is 5.75. The molecule has 0 aliphatic carbocycles. The molecule has 1 saturated heterocycles. The molecule has 6 nitrogen and oxygen atoms in total. The number of hydrogen-bond donors (Lipinski definition) is 1. The van der Waals surface area contributed by atoms with Crippen LogP contribution >= 0.6 is 0 Å². The van der Waals surface area contributed by atoms with Crippen molar-refractivity contribution in [3.63, 3.8) is 0 Å². The van der Waals surface area contributed by atoms with E-state index in [1.165, 1.54) is 5.56 Å². The third-order valence-corrected chi connectivity index (χ3v) is 3.52. The second-order valence-electron chi connectivity index (χ2n) is 5.72. The Morgan fingerprint density at radius 2 is 2.38 bits per heavy atom. The van der Waals surface area contributed by atoms with Gasteiger partial charge in [-0.15, -0.1) is 0 Å². The molecule has 1 aromatic rings. The average molecular weight is 292 g/mol. The lowest BCUT2D eigenvalue weighted by Gasteiger charge is -2.34. The van der Waals surface area contributed by atoms with Gasteiger partial charge in [0.2, 0.25) is 5.91 Å². The van der Waals surface area contributed by atoms with Gasteiger partial charge in [-0.2, -0.15) is 0 Å². The number of pyridine rings is 1. The zero-order valence-corrected chi connectivity index (χ0v) is 12.8. The number of likely N-dealkylation sites (N-methyl/N-ethyl adjacent to an activating group) is 1. The van der Waals surface area contributed by atoms with E-state index in [0.717, 1.165) is 25.3 Å². The van der Waals surface area contributed by atoms with E-state index in [1.54, 1.807) is 0 Å². The van der Waals surface area contributed by atoms with Gasteiger partial charge in [0, 0.05) is 32.4 Å². The molecule has 1 atom stereocenters. The van der Waals surface area contributed by atoms with Crippen molar-refractivity contribution >= 4 is 5.91 Å². The third kappa shape index (κ3) is 5.41. The molecule has 2 N–H and O–H groups in total. The number of aromatic nitrogens is 1. The van der Waals surface area contributed by atoms with E-state index >= 15 is 0 Å². The summed E-state index contributed by atoms with van der Waals surface area (Å²) in [4.78, 5) is 19.6. The first-order valence-corrected chi connectivity index (χ1v) is 7.25. The van der Waals surface area contributed by atoms with Gasteiger partial charge in [-0.3, -0.25) is 19.6 Å². The molecule has 1 aliphatic heterocycles. The summed E-state index contributed by atoms with van der Waals surface area (Å²) in [5, 5.41) is 0. The van der Waals surface area contributed by atoms with Gasteiger partial charge in [-0.05, 0) is 25.6 Å². The molecule has 0 aromatic carbocycles. The van der Waals surface area contributed by atoms with Gasteiger partial charge >= 0.3 is 0 Å². The lowest BCUT2D eigenvalue weighted by Crippen LogP contribution is -2.47. The highest BCUT2D eigenvalue weighted by atomic mass is 16.5. The van der Waals surface area contributed by atoms with Crippen molar-refractivity contribution in [2.24, 2.45) is 5.73 Å². The van der Waals surface area contributed by atoms with Crippen molar-refractivity contribution in [1.82, 2.24) is 14.8 Å². The van der Waals surface area contributed by atoms with Crippen molar-refractivity contribution in [3.05, 3.63) is 29.6 Å². The van der Waals surface area contributed by atoms with E-state index < -0.39 is 0 Å². The van der Waals surface area contributed by atoms with Crippen molar-refractivity contribution in [1.29, 1.82) is 0 Å². The molecule has 21 heavy (non-hydrogen) atoms. The predicted molar refractivity (Wildman–Crippen MR) is 80.7 cm³/mol. The minimum absolute atomic E-state index is 0.105. The summed E-state index contributed by atoms with van der Waals surface area (Å²) < 4.78 is 5.76. The molecule has 0 unspecified atom stereocenters. The van der Waals surface area contributed by atoms with Gasteiger partial charge in [-0.25, -0.2) is 0 Å². The van der Waals surface area contributed by atoms with Crippen LogP contribution in [0, 0.1) is 6.92 Å². The highest BCUT2D eigenvalue weighted by Gasteiger charge is 2.22. The SMILES string of the molecule is Cc1ccc(CN2CCO[C@H](CN(C)CC(N)=O)C2)nc1. The Bertz CT molecular complexity index is 463. The van der Waals surface area contributed by atoms with Crippen LogP contribution in [0.1, 0.15) is 11.3 Å². The number of ether oxygens (including phenoxy) is 1. The van der Waals surface area contributed by atoms with Crippen LogP contribution in [0.3, 0.4) is 0 Å². The number of amides is 1. The Morgan fingerprint density at radius 3 is 3.05 bits per heavy atom. The molecule has 1 fully saturated rings. The average Bonchev–Trinajstić information content (AvgIpc) is 2.41. The Hall–Kier alpha value is -1.50. The molecule has 2 heterocycles. The lowest BCUT2D eigenvalue weighted by molar-refractivity contribution is -0.119. The van der Waals surface area contributed by atoms with Crippen LogP contribution in [0.25, 0.3) is 0 Å². The largest absolute Gasteiger partial charge is 0.374 e. The van der Waals surface area contributed by atoms with Crippen LogP contribution in [-0.4, -0.2) is 66.6 Å². The lowest BCUT2D eigenvalue weighted by atomic mass is 10.2. The first-order valence-electron chi connectivity index (χ1n) is 7.25. The van der Waals surface area contributed by atoms with Crippen molar-refractivity contribution in [2.45, 2.75) is 19.6 Å². The summed E-state index contributed by atoms with van der Waals surface area (Å²) in [6.07, 6.45) is 2.00. The second-order valence-corrected chi connectivity index (χ2v) is 5.72. The quantitative estimate of drug-likeness (QED) is 0.799. The van der Waals surface area contributed by atoms with Crippen LogP contribution in [0.5, 0.6) is 0 Å². The van der Waals surface area contributed by atoms with Crippen LogP contribution in [-0.2, 0) is 16.1 Å². The number of primary amides is 1. The van der Waals surface area contributed by atoms with E-state index in [9.17, 15) is 4.79 Å². The van der Waals surface area contributed by atoms with Gasteiger partial charge in [0.1, 0.15) is 0 Å². The monoisotopic (exact) mass is 292 g/mol. The molecule has 2 rings (SSSR count). The number of nitrogens with two attached hydrogens (primary N) is 1. The summed E-state index contributed by atoms with van der Waals surface area (Å²) in [7, 11) is 1.88. The fourth-order valence-electron chi connectivity index (χ4n) is 2.53. The number of carbonyl (C=O) groups is 1. The topological polar surface area (TPSA) is 71.7 Å². The molecule has 0 radical (unpaired) electrons.